The van der Waals surface area contributed by atoms with Gasteiger partial charge in [-0.05, 0) is 31.9 Å². The molecule has 1 aliphatic carbocycles. The summed E-state index contributed by atoms with van der Waals surface area (Å²) in [5, 5.41) is 8.83. The van der Waals surface area contributed by atoms with Crippen molar-refractivity contribution in [1.29, 1.82) is 0 Å². The molecule has 1 aromatic carbocycles. The summed E-state index contributed by atoms with van der Waals surface area (Å²) >= 11 is 6.38. The molecule has 2 aromatic heterocycles. The Balaban J connectivity index is 1.25. The first-order valence-electron chi connectivity index (χ1n) is 11.4. The summed E-state index contributed by atoms with van der Waals surface area (Å²) in [5.41, 5.74) is 1.51. The van der Waals surface area contributed by atoms with Gasteiger partial charge in [0.1, 0.15) is 18.0 Å². The van der Waals surface area contributed by atoms with Crippen molar-refractivity contribution < 1.29 is 19.0 Å². The number of hydrogen-bond donors (Lipinski definition) is 0. The molecule has 1 saturated carbocycles. The van der Waals surface area contributed by atoms with Crippen molar-refractivity contribution in [2.45, 2.75) is 31.5 Å². The minimum atomic E-state index is -0.312. The molecule has 1 amide bonds. The first-order valence-corrected chi connectivity index (χ1v) is 11.8. The van der Waals surface area contributed by atoms with E-state index in [9.17, 15) is 4.79 Å². The number of carbonyl (C=O) groups excluding carboxylic acids is 1. The molecular weight excluding hydrogens is 474 g/mol. The molecule has 0 spiro atoms. The Morgan fingerprint density at radius 2 is 2.03 bits per heavy atom. The van der Waals surface area contributed by atoms with Crippen molar-refractivity contribution >= 4 is 34.5 Å². The molecule has 6 rings (SSSR count). The zero-order valence-corrected chi connectivity index (χ0v) is 19.7. The lowest BCUT2D eigenvalue weighted by Gasteiger charge is -2.45. The van der Waals surface area contributed by atoms with Crippen LogP contribution in [0, 0.1) is 18.4 Å². The smallest absolute Gasteiger partial charge is 0.410 e. The van der Waals surface area contributed by atoms with Gasteiger partial charge in [-0.3, -0.25) is 0 Å². The van der Waals surface area contributed by atoms with Gasteiger partial charge in [0.05, 0.1) is 30.5 Å². The fraction of sp³-hybridized carbons (Fsp3) is 0.478. The Bertz CT molecular complexity index is 1340. The quantitative estimate of drug-likeness (QED) is 0.506. The van der Waals surface area contributed by atoms with E-state index in [4.69, 9.17) is 32.4 Å². The fourth-order valence-corrected chi connectivity index (χ4v) is 4.89. The van der Waals surface area contributed by atoms with E-state index in [1.807, 2.05) is 6.92 Å². The highest BCUT2D eigenvalue weighted by atomic mass is 35.5. The Hall–Kier alpha value is -3.49. The molecular formula is C23H22ClN7O4. The summed E-state index contributed by atoms with van der Waals surface area (Å²) in [5.74, 6) is 0.258. The molecule has 2 bridgehead atoms. The third kappa shape index (κ3) is 4.02. The Morgan fingerprint density at radius 3 is 2.71 bits per heavy atom. The summed E-state index contributed by atoms with van der Waals surface area (Å²) < 4.78 is 19.3. The van der Waals surface area contributed by atoms with Gasteiger partial charge in [-0.2, -0.15) is 9.67 Å². The van der Waals surface area contributed by atoms with Gasteiger partial charge in [0.2, 0.25) is 5.88 Å². The SMILES string of the molecule is [C-]#[N+]c1ccc(-n2nnc3c(OC4C5COCC4CN(C(=O)OC4(C)CC4)C5)ncnc32)c(Cl)c1. The highest BCUT2D eigenvalue weighted by Gasteiger charge is 2.47. The van der Waals surface area contributed by atoms with Crippen LogP contribution in [0.2, 0.25) is 5.02 Å². The second kappa shape index (κ2) is 8.32. The molecule has 2 saturated heterocycles. The molecule has 35 heavy (non-hydrogen) atoms. The largest absolute Gasteiger partial charge is 0.472 e. The number of benzene rings is 1. The standard InChI is InChI=1S/C23H22ClN7O4/c1-23(5-6-23)35-22(32)30-8-13-10-33-11-14(9-30)19(13)34-21-18-20(26-12-27-21)31(29-28-18)17-4-3-15(25-2)7-16(17)24/h3-4,7,12-14,19H,5-6,8-11H2,1H3. The molecule has 2 aliphatic heterocycles. The molecule has 0 radical (unpaired) electrons. The van der Waals surface area contributed by atoms with Crippen molar-refractivity contribution in [3.63, 3.8) is 0 Å². The average molecular weight is 496 g/mol. The van der Waals surface area contributed by atoms with E-state index in [1.54, 1.807) is 23.1 Å². The van der Waals surface area contributed by atoms with Gasteiger partial charge >= 0.3 is 6.09 Å². The summed E-state index contributed by atoms with van der Waals surface area (Å²) in [4.78, 5) is 26.5. The third-order valence-electron chi connectivity index (χ3n) is 6.79. The number of fused-ring (bicyclic) bond motifs is 3. The maximum atomic E-state index is 12.7. The number of likely N-dealkylation sites (tertiary alicyclic amines) is 1. The molecule has 2 unspecified atom stereocenters. The minimum absolute atomic E-state index is 0.0299. The van der Waals surface area contributed by atoms with Crippen LogP contribution >= 0.6 is 11.6 Å². The van der Waals surface area contributed by atoms with Crippen LogP contribution in [0.25, 0.3) is 21.7 Å². The fourth-order valence-electron chi connectivity index (χ4n) is 4.64. The normalized spacial score (nSPS) is 24.6. The van der Waals surface area contributed by atoms with Crippen LogP contribution in [0.4, 0.5) is 10.5 Å². The van der Waals surface area contributed by atoms with Crippen molar-refractivity contribution in [3.8, 4) is 11.6 Å². The Kier molecular flexibility index (Phi) is 5.23. The number of ether oxygens (including phenoxy) is 3. The number of rotatable bonds is 4. The third-order valence-corrected chi connectivity index (χ3v) is 7.09. The van der Waals surface area contributed by atoms with Gasteiger partial charge in [-0.25, -0.2) is 14.6 Å². The van der Waals surface area contributed by atoms with Gasteiger partial charge in [-0.15, -0.1) is 5.10 Å². The van der Waals surface area contributed by atoms with Crippen LogP contribution in [0.5, 0.6) is 5.88 Å². The van der Waals surface area contributed by atoms with Gasteiger partial charge < -0.3 is 19.1 Å². The molecule has 180 valence electrons. The van der Waals surface area contributed by atoms with E-state index >= 15 is 0 Å². The second-order valence-electron chi connectivity index (χ2n) is 9.46. The zero-order chi connectivity index (χ0) is 24.2. The minimum Gasteiger partial charge on any atom is -0.472 e. The molecule has 11 nitrogen and oxygen atoms in total. The van der Waals surface area contributed by atoms with Gasteiger partial charge in [0.15, 0.2) is 16.9 Å². The number of nitrogens with zero attached hydrogens (tertiary/aromatic N) is 7. The van der Waals surface area contributed by atoms with E-state index < -0.39 is 0 Å². The topological polar surface area (TPSA) is 109 Å². The summed E-state index contributed by atoms with van der Waals surface area (Å²) in [7, 11) is 0. The Morgan fingerprint density at radius 1 is 1.26 bits per heavy atom. The summed E-state index contributed by atoms with van der Waals surface area (Å²) in [6.07, 6.45) is 2.75. The van der Waals surface area contributed by atoms with Crippen LogP contribution in [-0.2, 0) is 9.47 Å². The molecule has 12 heteroatoms. The van der Waals surface area contributed by atoms with Gasteiger partial charge in [0.25, 0.3) is 0 Å². The van der Waals surface area contributed by atoms with Crippen molar-refractivity contribution in [3.05, 3.63) is 41.0 Å². The first-order chi connectivity index (χ1) is 16.9. The van der Waals surface area contributed by atoms with Crippen molar-refractivity contribution in [2.75, 3.05) is 26.3 Å². The number of hydrogen-bond acceptors (Lipinski definition) is 8. The van der Waals surface area contributed by atoms with Crippen LogP contribution in [0.15, 0.2) is 24.5 Å². The van der Waals surface area contributed by atoms with E-state index in [2.05, 4.69) is 25.1 Å². The van der Waals surface area contributed by atoms with Gasteiger partial charge in [-0.1, -0.05) is 22.9 Å². The van der Waals surface area contributed by atoms with Crippen LogP contribution in [-0.4, -0.2) is 74.0 Å². The van der Waals surface area contributed by atoms with E-state index in [1.165, 1.54) is 11.0 Å². The van der Waals surface area contributed by atoms with Crippen LogP contribution < -0.4 is 4.74 Å². The summed E-state index contributed by atoms with van der Waals surface area (Å²) in [6, 6.07) is 4.93. The molecule has 2 atom stereocenters. The molecule has 3 aromatic rings. The average Bonchev–Trinajstić information content (AvgIpc) is 3.40. The number of piperidine rings is 1. The molecule has 4 heterocycles. The lowest BCUT2D eigenvalue weighted by Crippen LogP contribution is -2.59. The predicted molar refractivity (Wildman–Crippen MR) is 124 cm³/mol. The highest BCUT2D eigenvalue weighted by molar-refractivity contribution is 6.32. The number of carbonyl (C=O) groups is 1. The van der Waals surface area contributed by atoms with Crippen molar-refractivity contribution in [1.82, 2.24) is 29.9 Å². The number of amides is 1. The maximum Gasteiger partial charge on any atom is 0.410 e. The predicted octanol–water partition coefficient (Wildman–Crippen LogP) is 3.43. The number of halogens is 1. The van der Waals surface area contributed by atoms with Crippen LogP contribution in [0.3, 0.4) is 0 Å². The zero-order valence-electron chi connectivity index (χ0n) is 18.9. The molecule has 0 N–H and O–H groups in total. The second-order valence-corrected chi connectivity index (χ2v) is 9.87. The van der Waals surface area contributed by atoms with Crippen molar-refractivity contribution in [2.24, 2.45) is 11.8 Å². The monoisotopic (exact) mass is 495 g/mol. The number of aromatic nitrogens is 5. The van der Waals surface area contributed by atoms with Crippen LogP contribution in [0.1, 0.15) is 19.8 Å². The van der Waals surface area contributed by atoms with Gasteiger partial charge in [0, 0.05) is 24.9 Å². The lowest BCUT2D eigenvalue weighted by atomic mass is 9.84. The maximum absolute atomic E-state index is 12.7. The Labute approximate surface area is 205 Å². The highest BCUT2D eigenvalue weighted by Crippen LogP contribution is 2.40. The summed E-state index contributed by atoms with van der Waals surface area (Å²) in [6.45, 7) is 11.0. The molecule has 3 fully saturated rings. The van der Waals surface area contributed by atoms with E-state index in [0.717, 1.165) is 12.8 Å². The van der Waals surface area contributed by atoms with E-state index in [-0.39, 0.29) is 29.6 Å². The first kappa shape index (κ1) is 22.0. The molecule has 3 aliphatic rings. The lowest BCUT2D eigenvalue weighted by molar-refractivity contribution is -0.111. The van der Waals surface area contributed by atoms with E-state index in [0.29, 0.717) is 59.7 Å².